The van der Waals surface area contributed by atoms with Crippen molar-refractivity contribution in [3.63, 3.8) is 0 Å². The molecule has 19 heavy (non-hydrogen) atoms. The van der Waals surface area contributed by atoms with E-state index in [1.807, 2.05) is 6.08 Å². The average Bonchev–Trinajstić information content (AvgIpc) is 2.37. The number of hydrogen-bond acceptors (Lipinski definition) is 3. The molecule has 0 aliphatic carbocycles. The number of hydrogen-bond donors (Lipinski definition) is 2. The summed E-state index contributed by atoms with van der Waals surface area (Å²) in [4.78, 5) is 0. The number of unbranched alkanes of at least 4 members (excludes halogenated alkanes) is 5. The third-order valence-corrected chi connectivity index (χ3v) is 4.41. The number of aliphatic hydroxyl groups is 1. The first-order valence-corrected chi connectivity index (χ1v) is 7.89. The molecule has 2 unspecified atom stereocenters. The zero-order valence-electron chi connectivity index (χ0n) is 12.1. The number of piperidine rings is 1. The Bertz CT molecular complexity index is 268. The molecule has 2 saturated heterocycles. The minimum Gasteiger partial charge on any atom is -0.390 e. The molecule has 2 heterocycles. The molecule has 0 amide bonds. The lowest BCUT2D eigenvalue weighted by atomic mass is 9.79. The Morgan fingerprint density at radius 3 is 2.42 bits per heavy atom. The highest BCUT2D eigenvalue weighted by molar-refractivity contribution is 4.97. The van der Waals surface area contributed by atoms with E-state index in [-0.39, 0.29) is 0 Å². The predicted octanol–water partition coefficient (Wildman–Crippen LogP) is 2.79. The van der Waals surface area contributed by atoms with Crippen LogP contribution < -0.4 is 5.32 Å². The third-order valence-electron chi connectivity index (χ3n) is 4.41. The fraction of sp³-hybridized carbons (Fsp3) is 0.875. The van der Waals surface area contributed by atoms with Gasteiger partial charge in [0, 0.05) is 12.1 Å². The van der Waals surface area contributed by atoms with E-state index in [4.69, 9.17) is 4.74 Å². The number of morpholine rings is 1. The fourth-order valence-corrected chi connectivity index (χ4v) is 3.50. The van der Waals surface area contributed by atoms with Crippen molar-refractivity contribution in [2.75, 3.05) is 13.2 Å². The molecule has 110 valence electrons. The van der Waals surface area contributed by atoms with Crippen molar-refractivity contribution in [2.24, 2.45) is 0 Å². The first kappa shape index (κ1) is 15.0. The predicted molar refractivity (Wildman–Crippen MR) is 78.2 cm³/mol. The van der Waals surface area contributed by atoms with Gasteiger partial charge < -0.3 is 15.2 Å². The molecule has 0 spiro atoms. The summed E-state index contributed by atoms with van der Waals surface area (Å²) in [5.41, 5.74) is -0.439. The molecule has 0 saturated carbocycles. The maximum absolute atomic E-state index is 10.7. The number of fused-ring (bicyclic) bond motifs is 2. The van der Waals surface area contributed by atoms with Crippen molar-refractivity contribution in [3.05, 3.63) is 12.7 Å². The average molecular weight is 267 g/mol. The lowest BCUT2D eigenvalue weighted by molar-refractivity contribution is -0.0808. The van der Waals surface area contributed by atoms with Crippen molar-refractivity contribution in [1.29, 1.82) is 0 Å². The van der Waals surface area contributed by atoms with Crippen molar-refractivity contribution >= 4 is 0 Å². The Kier molecular flexibility index (Phi) is 5.86. The number of nitrogens with one attached hydrogen (secondary N) is 1. The molecule has 2 N–H and O–H groups in total. The smallest absolute Gasteiger partial charge is 0.0679 e. The van der Waals surface area contributed by atoms with Crippen molar-refractivity contribution in [2.45, 2.75) is 75.5 Å². The molecule has 3 heteroatoms. The van der Waals surface area contributed by atoms with Crippen LogP contribution >= 0.6 is 0 Å². The first-order valence-electron chi connectivity index (χ1n) is 7.89. The summed E-state index contributed by atoms with van der Waals surface area (Å²) < 4.78 is 5.53. The van der Waals surface area contributed by atoms with Gasteiger partial charge in [-0.3, -0.25) is 0 Å². The van der Waals surface area contributed by atoms with Gasteiger partial charge in [-0.1, -0.05) is 31.8 Å². The lowest BCUT2D eigenvalue weighted by Crippen LogP contribution is -2.59. The minimum atomic E-state index is -0.439. The molecule has 2 bridgehead atoms. The van der Waals surface area contributed by atoms with Crippen LogP contribution in [0.15, 0.2) is 12.7 Å². The quantitative estimate of drug-likeness (QED) is 0.525. The maximum Gasteiger partial charge on any atom is 0.0679 e. The van der Waals surface area contributed by atoms with Crippen molar-refractivity contribution < 1.29 is 9.84 Å². The second-order valence-corrected chi connectivity index (χ2v) is 6.33. The van der Waals surface area contributed by atoms with E-state index in [1.54, 1.807) is 0 Å². The highest BCUT2D eigenvalue weighted by Crippen LogP contribution is 2.32. The second-order valence-electron chi connectivity index (χ2n) is 6.33. The Morgan fingerprint density at radius 2 is 1.74 bits per heavy atom. The highest BCUT2D eigenvalue weighted by atomic mass is 16.5. The number of rotatable bonds is 8. The highest BCUT2D eigenvalue weighted by Gasteiger charge is 2.40. The standard InChI is InChI=1S/C16H29NO2/c1-2-3-4-5-6-7-8-9-16(18)10-14-12-19-13-15(11-16)17-14/h2,14-15,17-18H,1,3-13H2. The zero-order chi connectivity index (χ0) is 13.6. The van der Waals surface area contributed by atoms with Crippen molar-refractivity contribution in [3.8, 4) is 0 Å². The molecule has 2 aliphatic heterocycles. The van der Waals surface area contributed by atoms with Gasteiger partial charge in [0.15, 0.2) is 0 Å². The first-order chi connectivity index (χ1) is 9.22. The topological polar surface area (TPSA) is 41.5 Å². The minimum absolute atomic E-state index is 0.366. The van der Waals surface area contributed by atoms with Gasteiger partial charge in [-0.05, 0) is 32.1 Å². The summed E-state index contributed by atoms with van der Waals surface area (Å²) in [5.74, 6) is 0. The fourth-order valence-electron chi connectivity index (χ4n) is 3.50. The van der Waals surface area contributed by atoms with Gasteiger partial charge in [0.1, 0.15) is 0 Å². The molecule has 3 nitrogen and oxygen atoms in total. The summed E-state index contributed by atoms with van der Waals surface area (Å²) in [5, 5.41) is 14.2. The van der Waals surface area contributed by atoms with E-state index < -0.39 is 5.60 Å². The maximum atomic E-state index is 10.7. The normalized spacial score (nSPS) is 34.2. The third kappa shape index (κ3) is 4.90. The largest absolute Gasteiger partial charge is 0.390 e. The van der Waals surface area contributed by atoms with E-state index in [2.05, 4.69) is 11.9 Å². The second kappa shape index (κ2) is 7.41. The van der Waals surface area contributed by atoms with E-state index in [1.165, 1.54) is 25.7 Å². The summed E-state index contributed by atoms with van der Waals surface area (Å²) in [7, 11) is 0. The Morgan fingerprint density at radius 1 is 1.11 bits per heavy atom. The van der Waals surface area contributed by atoms with E-state index in [0.29, 0.717) is 12.1 Å². The van der Waals surface area contributed by atoms with Gasteiger partial charge >= 0.3 is 0 Å². The van der Waals surface area contributed by atoms with Crippen LogP contribution in [0, 0.1) is 0 Å². The van der Waals surface area contributed by atoms with E-state index in [0.717, 1.165) is 45.3 Å². The Balaban J connectivity index is 1.60. The molecule has 2 fully saturated rings. The number of ether oxygens (including phenoxy) is 1. The number of allylic oxidation sites excluding steroid dienone is 1. The summed E-state index contributed by atoms with van der Waals surface area (Å²) in [6.45, 7) is 5.27. The molecule has 2 rings (SSSR count). The molecule has 0 aromatic rings. The lowest BCUT2D eigenvalue weighted by Gasteiger charge is -2.45. The monoisotopic (exact) mass is 267 g/mol. The SMILES string of the molecule is C=CCCCCCCCC1(O)CC2COCC(C1)N2. The molecular formula is C16H29NO2. The van der Waals surface area contributed by atoms with E-state index >= 15 is 0 Å². The van der Waals surface area contributed by atoms with Gasteiger partial charge in [-0.25, -0.2) is 0 Å². The molecule has 0 aromatic carbocycles. The van der Waals surface area contributed by atoms with Crippen molar-refractivity contribution in [1.82, 2.24) is 5.32 Å². The summed E-state index contributed by atoms with van der Waals surface area (Å²) >= 11 is 0. The molecule has 2 aliphatic rings. The molecule has 2 atom stereocenters. The summed E-state index contributed by atoms with van der Waals surface area (Å²) in [6.07, 6.45) is 12.1. The molecular weight excluding hydrogens is 238 g/mol. The summed E-state index contributed by atoms with van der Waals surface area (Å²) in [6, 6.07) is 0.732. The van der Waals surface area contributed by atoms with E-state index in [9.17, 15) is 5.11 Å². The van der Waals surface area contributed by atoms with Gasteiger partial charge in [-0.15, -0.1) is 6.58 Å². The van der Waals surface area contributed by atoms with Gasteiger partial charge in [-0.2, -0.15) is 0 Å². The van der Waals surface area contributed by atoms with Gasteiger partial charge in [0.2, 0.25) is 0 Å². The van der Waals surface area contributed by atoms with Crippen LogP contribution in [0.5, 0.6) is 0 Å². The van der Waals surface area contributed by atoms with Crippen LogP contribution in [0.1, 0.15) is 57.8 Å². The van der Waals surface area contributed by atoms with Crippen LogP contribution in [0.3, 0.4) is 0 Å². The van der Waals surface area contributed by atoms with Crippen LogP contribution in [0.25, 0.3) is 0 Å². The molecule has 0 aromatic heterocycles. The molecule has 0 radical (unpaired) electrons. The van der Waals surface area contributed by atoms with Gasteiger partial charge in [0.25, 0.3) is 0 Å². The van der Waals surface area contributed by atoms with Crippen LogP contribution in [0.2, 0.25) is 0 Å². The Labute approximate surface area is 117 Å². The van der Waals surface area contributed by atoms with Crippen LogP contribution in [0.4, 0.5) is 0 Å². The zero-order valence-corrected chi connectivity index (χ0v) is 12.1. The van der Waals surface area contributed by atoms with Gasteiger partial charge in [0.05, 0.1) is 18.8 Å². The Hall–Kier alpha value is -0.380. The van der Waals surface area contributed by atoms with Crippen LogP contribution in [-0.2, 0) is 4.74 Å². The van der Waals surface area contributed by atoms with Crippen LogP contribution in [-0.4, -0.2) is 36.0 Å².